The number of hydrogen-bond donors (Lipinski definition) is 0. The maximum Gasteiger partial charge on any atom is 0.265 e. The van der Waals surface area contributed by atoms with E-state index in [2.05, 4.69) is 10.1 Å². The first-order valence-electron chi connectivity index (χ1n) is 10.4. The van der Waals surface area contributed by atoms with Gasteiger partial charge in [0.1, 0.15) is 5.75 Å². The lowest BCUT2D eigenvalue weighted by molar-refractivity contribution is -0.121. The highest BCUT2D eigenvalue weighted by molar-refractivity contribution is 7.89. The number of anilines is 1. The summed E-state index contributed by atoms with van der Waals surface area (Å²) in [7, 11) is -3.64. The second-order valence-corrected chi connectivity index (χ2v) is 9.98. The molecule has 0 atom stereocenters. The first-order chi connectivity index (χ1) is 14.5. The molecule has 2 aromatic rings. The molecule has 3 aliphatic rings. The SMILES string of the molecule is O=C1COc2ccc(S(=O)(=O)N3CCCCCC3)cc2N1Cc1noc(C2CC2)n1. The average molecular weight is 433 g/mol. The molecule has 160 valence electrons. The van der Waals surface area contributed by atoms with E-state index in [1.54, 1.807) is 16.4 Å². The van der Waals surface area contributed by atoms with E-state index in [-0.39, 0.29) is 24.0 Å². The molecular weight excluding hydrogens is 408 g/mol. The van der Waals surface area contributed by atoms with Gasteiger partial charge in [-0.15, -0.1) is 0 Å². The summed E-state index contributed by atoms with van der Waals surface area (Å²) in [4.78, 5) is 18.6. The van der Waals surface area contributed by atoms with Crippen molar-refractivity contribution in [2.75, 3.05) is 24.6 Å². The minimum atomic E-state index is -3.64. The zero-order chi connectivity index (χ0) is 20.7. The number of amides is 1. The van der Waals surface area contributed by atoms with Gasteiger partial charge in [-0.25, -0.2) is 8.42 Å². The summed E-state index contributed by atoms with van der Waals surface area (Å²) in [6.45, 7) is 1.04. The van der Waals surface area contributed by atoms with E-state index in [0.717, 1.165) is 38.5 Å². The van der Waals surface area contributed by atoms with Crippen LogP contribution in [0.4, 0.5) is 5.69 Å². The summed E-state index contributed by atoms with van der Waals surface area (Å²) >= 11 is 0. The van der Waals surface area contributed by atoms with E-state index < -0.39 is 10.0 Å². The van der Waals surface area contributed by atoms with Crippen molar-refractivity contribution in [2.24, 2.45) is 0 Å². The molecule has 1 amide bonds. The van der Waals surface area contributed by atoms with Crippen molar-refractivity contribution in [3.8, 4) is 5.75 Å². The minimum absolute atomic E-state index is 0.110. The highest BCUT2D eigenvalue weighted by atomic mass is 32.2. The van der Waals surface area contributed by atoms with Crippen LogP contribution in [-0.4, -0.2) is 48.5 Å². The fourth-order valence-electron chi connectivity index (χ4n) is 3.92. The average Bonchev–Trinajstić information content (AvgIpc) is 3.54. The van der Waals surface area contributed by atoms with Gasteiger partial charge in [0.15, 0.2) is 12.4 Å². The summed E-state index contributed by atoms with van der Waals surface area (Å²) in [6.07, 6.45) is 5.88. The Morgan fingerprint density at radius 3 is 2.60 bits per heavy atom. The van der Waals surface area contributed by atoms with Gasteiger partial charge in [0.05, 0.1) is 17.1 Å². The monoisotopic (exact) mass is 432 g/mol. The van der Waals surface area contributed by atoms with Gasteiger partial charge in [0, 0.05) is 19.0 Å². The highest BCUT2D eigenvalue weighted by Crippen LogP contribution is 2.39. The van der Waals surface area contributed by atoms with Crippen LogP contribution < -0.4 is 9.64 Å². The number of hydrogen-bond acceptors (Lipinski definition) is 7. The van der Waals surface area contributed by atoms with Gasteiger partial charge in [-0.05, 0) is 43.9 Å². The van der Waals surface area contributed by atoms with Gasteiger partial charge in [-0.1, -0.05) is 18.0 Å². The van der Waals surface area contributed by atoms with E-state index in [9.17, 15) is 13.2 Å². The summed E-state index contributed by atoms with van der Waals surface area (Å²) in [5.74, 6) is 1.52. The second kappa shape index (κ2) is 7.66. The number of rotatable bonds is 5. The standard InChI is InChI=1S/C20H24N4O5S/c25-19-13-28-17-8-7-15(30(26,27)23-9-3-1-2-4-10-23)11-16(17)24(19)12-18-21-20(29-22-18)14-5-6-14/h7-8,11,14H,1-6,9-10,12-13H2. The molecule has 5 rings (SSSR count). The van der Waals surface area contributed by atoms with Gasteiger partial charge >= 0.3 is 0 Å². The third-order valence-corrected chi connectivity index (χ3v) is 7.68. The zero-order valence-corrected chi connectivity index (χ0v) is 17.4. The van der Waals surface area contributed by atoms with Crippen LogP contribution in [0.2, 0.25) is 0 Å². The molecule has 1 saturated heterocycles. The normalized spacial score (nSPS) is 20.5. The first kappa shape index (κ1) is 19.5. The smallest absolute Gasteiger partial charge is 0.265 e. The maximum absolute atomic E-state index is 13.2. The number of sulfonamides is 1. The molecule has 3 heterocycles. The largest absolute Gasteiger partial charge is 0.482 e. The predicted octanol–water partition coefficient (Wildman–Crippen LogP) is 2.44. The van der Waals surface area contributed by atoms with E-state index in [4.69, 9.17) is 9.26 Å². The molecule has 1 saturated carbocycles. The van der Waals surface area contributed by atoms with Gasteiger partial charge in [-0.3, -0.25) is 9.69 Å². The quantitative estimate of drug-likeness (QED) is 0.714. The predicted molar refractivity (Wildman–Crippen MR) is 107 cm³/mol. The Hall–Kier alpha value is -2.46. The Morgan fingerprint density at radius 2 is 1.87 bits per heavy atom. The molecule has 9 nitrogen and oxygen atoms in total. The maximum atomic E-state index is 13.2. The van der Waals surface area contributed by atoms with Crippen LogP contribution in [0.15, 0.2) is 27.6 Å². The number of benzene rings is 1. The molecule has 0 N–H and O–H groups in total. The van der Waals surface area contributed by atoms with Crippen molar-refractivity contribution in [3.05, 3.63) is 29.9 Å². The molecule has 1 aliphatic carbocycles. The number of ether oxygens (including phenoxy) is 1. The summed E-state index contributed by atoms with van der Waals surface area (Å²) in [5, 5.41) is 3.99. The van der Waals surface area contributed by atoms with E-state index in [1.807, 2.05) is 0 Å². The Kier molecular flexibility index (Phi) is 4.98. The van der Waals surface area contributed by atoms with E-state index in [1.165, 1.54) is 11.0 Å². The Balaban J connectivity index is 1.45. The molecular formula is C20H24N4O5S. The molecule has 1 aromatic carbocycles. The number of fused-ring (bicyclic) bond motifs is 1. The van der Waals surface area contributed by atoms with Crippen LogP contribution in [0.25, 0.3) is 0 Å². The molecule has 0 radical (unpaired) electrons. The van der Waals surface area contributed by atoms with Gasteiger partial charge in [0.2, 0.25) is 15.9 Å². The Bertz CT molecular complexity index is 1050. The molecule has 0 bridgehead atoms. The molecule has 2 aliphatic heterocycles. The zero-order valence-electron chi connectivity index (χ0n) is 16.6. The summed E-state index contributed by atoms with van der Waals surface area (Å²) in [6, 6.07) is 4.69. The topological polar surface area (TPSA) is 106 Å². The van der Waals surface area contributed by atoms with Crippen molar-refractivity contribution in [1.82, 2.24) is 14.4 Å². The molecule has 10 heteroatoms. The third kappa shape index (κ3) is 3.69. The Labute approximate surface area is 175 Å². The van der Waals surface area contributed by atoms with Crippen molar-refractivity contribution in [1.29, 1.82) is 0 Å². The molecule has 1 aromatic heterocycles. The number of carbonyl (C=O) groups is 1. The van der Waals surface area contributed by atoms with Crippen LogP contribution >= 0.6 is 0 Å². The fourth-order valence-corrected chi connectivity index (χ4v) is 5.45. The van der Waals surface area contributed by atoms with Crippen LogP contribution in [0.5, 0.6) is 5.75 Å². The molecule has 0 unspecified atom stereocenters. The third-order valence-electron chi connectivity index (χ3n) is 5.79. The van der Waals surface area contributed by atoms with E-state index >= 15 is 0 Å². The summed E-state index contributed by atoms with van der Waals surface area (Å²) < 4.78 is 38.8. The molecule has 0 spiro atoms. The summed E-state index contributed by atoms with van der Waals surface area (Å²) in [5.41, 5.74) is 0.417. The number of nitrogens with zero attached hydrogens (tertiary/aromatic N) is 4. The molecule has 30 heavy (non-hydrogen) atoms. The van der Waals surface area contributed by atoms with Gasteiger partial charge < -0.3 is 9.26 Å². The van der Waals surface area contributed by atoms with Crippen LogP contribution in [0.3, 0.4) is 0 Å². The minimum Gasteiger partial charge on any atom is -0.482 e. The van der Waals surface area contributed by atoms with Gasteiger partial charge in [-0.2, -0.15) is 9.29 Å². The van der Waals surface area contributed by atoms with Crippen molar-refractivity contribution >= 4 is 21.6 Å². The lowest BCUT2D eigenvalue weighted by Crippen LogP contribution is -2.39. The van der Waals surface area contributed by atoms with Crippen LogP contribution in [0.1, 0.15) is 56.2 Å². The van der Waals surface area contributed by atoms with Crippen molar-refractivity contribution in [3.63, 3.8) is 0 Å². The number of carbonyl (C=O) groups excluding carboxylic acids is 1. The van der Waals surface area contributed by atoms with E-state index in [0.29, 0.717) is 42.2 Å². The van der Waals surface area contributed by atoms with Crippen LogP contribution in [-0.2, 0) is 21.4 Å². The first-order valence-corrected chi connectivity index (χ1v) is 11.9. The van der Waals surface area contributed by atoms with Crippen molar-refractivity contribution < 1.29 is 22.5 Å². The number of aromatic nitrogens is 2. The lowest BCUT2D eigenvalue weighted by atomic mass is 10.2. The second-order valence-electron chi connectivity index (χ2n) is 8.04. The Morgan fingerprint density at radius 1 is 1.10 bits per heavy atom. The fraction of sp³-hybridized carbons (Fsp3) is 0.550. The lowest BCUT2D eigenvalue weighted by Gasteiger charge is -2.29. The molecule has 2 fully saturated rings. The van der Waals surface area contributed by atoms with Crippen molar-refractivity contribution in [2.45, 2.75) is 55.9 Å². The van der Waals surface area contributed by atoms with Crippen LogP contribution in [0, 0.1) is 0 Å². The highest BCUT2D eigenvalue weighted by Gasteiger charge is 2.33. The van der Waals surface area contributed by atoms with Gasteiger partial charge in [0.25, 0.3) is 5.91 Å².